The number of nitrogens with one attached hydrogen (secondary N) is 1. The fraction of sp³-hybridized carbons (Fsp3) is 0.300. The van der Waals surface area contributed by atoms with E-state index in [0.717, 1.165) is 30.4 Å². The first kappa shape index (κ1) is 21.3. The number of anilines is 1. The molecule has 0 amide bonds. The first-order valence-corrected chi connectivity index (χ1v) is 10.6. The van der Waals surface area contributed by atoms with Crippen LogP contribution in [0.25, 0.3) is 11.5 Å². The van der Waals surface area contributed by atoms with Crippen LogP contribution in [0, 0.1) is 13.8 Å². The molecule has 0 unspecified atom stereocenters. The Balaban J connectivity index is 0.00000240. The molecule has 1 heterocycles. The van der Waals surface area contributed by atoms with Crippen molar-refractivity contribution in [3.8, 4) is 11.5 Å². The maximum Gasteiger partial charge on any atom is 0.261 e. The Labute approximate surface area is 176 Å². The van der Waals surface area contributed by atoms with Gasteiger partial charge in [0.1, 0.15) is 0 Å². The lowest BCUT2D eigenvalue weighted by Gasteiger charge is -2.34. The van der Waals surface area contributed by atoms with Crippen LogP contribution in [0.15, 0.2) is 51.9 Å². The van der Waals surface area contributed by atoms with Crippen LogP contribution in [-0.2, 0) is 15.6 Å². The third-order valence-corrected chi connectivity index (χ3v) is 6.52. The quantitative estimate of drug-likeness (QED) is 0.629. The van der Waals surface area contributed by atoms with E-state index in [4.69, 9.17) is 10.3 Å². The minimum atomic E-state index is -3.76. The number of aromatic nitrogens is 2. The molecule has 1 aliphatic carbocycles. The van der Waals surface area contributed by atoms with Gasteiger partial charge in [0.05, 0.1) is 10.4 Å². The molecule has 0 spiro atoms. The minimum Gasteiger partial charge on any atom is -0.334 e. The summed E-state index contributed by atoms with van der Waals surface area (Å²) in [5.41, 5.74) is 8.62. The van der Waals surface area contributed by atoms with E-state index in [-0.39, 0.29) is 23.2 Å². The first-order chi connectivity index (χ1) is 13.3. The van der Waals surface area contributed by atoms with Gasteiger partial charge in [0, 0.05) is 11.3 Å². The van der Waals surface area contributed by atoms with E-state index in [0.29, 0.717) is 17.1 Å². The predicted molar refractivity (Wildman–Crippen MR) is 113 cm³/mol. The highest BCUT2D eigenvalue weighted by molar-refractivity contribution is 7.92. The molecular formula is C20H23ClN4O3S. The van der Waals surface area contributed by atoms with Crippen LogP contribution < -0.4 is 10.5 Å². The molecule has 0 atom stereocenters. The van der Waals surface area contributed by atoms with Gasteiger partial charge in [0.15, 0.2) is 5.82 Å². The average Bonchev–Trinajstić information content (AvgIpc) is 3.09. The Morgan fingerprint density at radius 1 is 1.14 bits per heavy atom. The SMILES string of the molecule is Cc1cccc(NS(=O)(=O)c2ccc(C)c(-c3nc(C4(N)CCC4)no3)c2)c1.Cl. The summed E-state index contributed by atoms with van der Waals surface area (Å²) in [5.74, 6) is 0.746. The minimum absolute atomic E-state index is 0. The van der Waals surface area contributed by atoms with Gasteiger partial charge in [0.2, 0.25) is 0 Å². The summed E-state index contributed by atoms with van der Waals surface area (Å²) in [6.45, 7) is 3.77. The van der Waals surface area contributed by atoms with Gasteiger partial charge in [-0.1, -0.05) is 23.4 Å². The van der Waals surface area contributed by atoms with Crippen LogP contribution in [0.2, 0.25) is 0 Å². The van der Waals surface area contributed by atoms with Gasteiger partial charge < -0.3 is 10.3 Å². The molecule has 0 radical (unpaired) electrons. The second-order valence-electron chi connectivity index (χ2n) is 7.38. The number of halogens is 1. The predicted octanol–water partition coefficient (Wildman–Crippen LogP) is 3.91. The molecule has 3 aromatic rings. The van der Waals surface area contributed by atoms with E-state index in [1.165, 1.54) is 0 Å². The number of hydrogen-bond acceptors (Lipinski definition) is 6. The van der Waals surface area contributed by atoms with Crippen molar-refractivity contribution in [3.05, 3.63) is 59.4 Å². The molecule has 0 aliphatic heterocycles. The normalized spacial score (nSPS) is 15.3. The molecular weight excluding hydrogens is 412 g/mol. The first-order valence-electron chi connectivity index (χ1n) is 9.10. The molecule has 0 bridgehead atoms. The smallest absolute Gasteiger partial charge is 0.261 e. The van der Waals surface area contributed by atoms with Crippen LogP contribution in [-0.4, -0.2) is 18.6 Å². The molecule has 7 nitrogen and oxygen atoms in total. The van der Waals surface area contributed by atoms with Gasteiger partial charge in [-0.3, -0.25) is 4.72 Å². The summed E-state index contributed by atoms with van der Waals surface area (Å²) in [4.78, 5) is 4.56. The van der Waals surface area contributed by atoms with E-state index in [1.54, 1.807) is 36.4 Å². The summed E-state index contributed by atoms with van der Waals surface area (Å²) < 4.78 is 33.7. The summed E-state index contributed by atoms with van der Waals surface area (Å²) in [5, 5.41) is 4.02. The second kappa shape index (κ2) is 7.78. The number of nitrogens with two attached hydrogens (primary N) is 1. The van der Waals surface area contributed by atoms with Crippen molar-refractivity contribution >= 4 is 28.1 Å². The third kappa shape index (κ3) is 4.14. The van der Waals surface area contributed by atoms with Crippen molar-refractivity contribution in [2.45, 2.75) is 43.5 Å². The number of hydrogen-bond donors (Lipinski definition) is 2. The van der Waals surface area contributed by atoms with E-state index in [2.05, 4.69) is 14.9 Å². The van der Waals surface area contributed by atoms with Gasteiger partial charge in [-0.15, -0.1) is 12.4 Å². The zero-order valence-electron chi connectivity index (χ0n) is 16.2. The Kier molecular flexibility index (Phi) is 5.71. The molecule has 154 valence electrons. The zero-order chi connectivity index (χ0) is 19.9. The molecule has 1 aromatic heterocycles. The van der Waals surface area contributed by atoms with Gasteiger partial charge in [-0.05, 0) is 68.5 Å². The summed E-state index contributed by atoms with van der Waals surface area (Å²) >= 11 is 0. The topological polar surface area (TPSA) is 111 Å². The number of benzene rings is 2. The Morgan fingerprint density at radius 3 is 2.55 bits per heavy atom. The van der Waals surface area contributed by atoms with Gasteiger partial charge >= 0.3 is 0 Å². The lowest BCUT2D eigenvalue weighted by molar-refractivity contribution is 0.229. The van der Waals surface area contributed by atoms with Crippen LogP contribution in [0.3, 0.4) is 0 Å². The van der Waals surface area contributed by atoms with E-state index in [9.17, 15) is 8.42 Å². The average molecular weight is 435 g/mol. The van der Waals surface area contributed by atoms with Crippen molar-refractivity contribution in [1.82, 2.24) is 10.1 Å². The van der Waals surface area contributed by atoms with Crippen molar-refractivity contribution in [2.75, 3.05) is 4.72 Å². The highest BCUT2D eigenvalue weighted by atomic mass is 35.5. The van der Waals surface area contributed by atoms with E-state index >= 15 is 0 Å². The van der Waals surface area contributed by atoms with Crippen molar-refractivity contribution in [3.63, 3.8) is 0 Å². The monoisotopic (exact) mass is 434 g/mol. The number of rotatable bonds is 5. The highest BCUT2D eigenvalue weighted by Gasteiger charge is 2.39. The molecule has 1 aliphatic rings. The van der Waals surface area contributed by atoms with E-state index in [1.807, 2.05) is 19.9 Å². The molecule has 4 rings (SSSR count). The molecule has 29 heavy (non-hydrogen) atoms. The van der Waals surface area contributed by atoms with Gasteiger partial charge in [0.25, 0.3) is 15.9 Å². The Bertz CT molecular complexity index is 1140. The van der Waals surface area contributed by atoms with E-state index < -0.39 is 15.6 Å². The fourth-order valence-electron chi connectivity index (χ4n) is 3.24. The van der Waals surface area contributed by atoms with Crippen molar-refractivity contribution in [1.29, 1.82) is 0 Å². The number of aryl methyl sites for hydroxylation is 2. The standard InChI is InChI=1S/C20H22N4O3S.ClH/c1-13-5-3-6-15(11-13)24-28(25,26)16-8-7-14(2)17(12-16)18-22-19(23-27-18)20(21)9-4-10-20;/h3,5-8,11-12,24H,4,9-10,21H2,1-2H3;1H. The summed E-state index contributed by atoms with van der Waals surface area (Å²) in [7, 11) is -3.76. The van der Waals surface area contributed by atoms with Crippen LogP contribution >= 0.6 is 12.4 Å². The van der Waals surface area contributed by atoms with Crippen LogP contribution in [0.4, 0.5) is 5.69 Å². The molecule has 9 heteroatoms. The molecule has 3 N–H and O–H groups in total. The second-order valence-corrected chi connectivity index (χ2v) is 9.07. The largest absolute Gasteiger partial charge is 0.334 e. The maximum absolute atomic E-state index is 12.8. The summed E-state index contributed by atoms with van der Waals surface area (Å²) in [6, 6.07) is 12.0. The molecule has 1 saturated carbocycles. The lowest BCUT2D eigenvalue weighted by atomic mass is 9.77. The summed E-state index contributed by atoms with van der Waals surface area (Å²) in [6.07, 6.45) is 2.68. The zero-order valence-corrected chi connectivity index (χ0v) is 17.8. The fourth-order valence-corrected chi connectivity index (χ4v) is 4.31. The molecule has 1 fully saturated rings. The number of nitrogens with zero attached hydrogens (tertiary/aromatic N) is 2. The van der Waals surface area contributed by atoms with Gasteiger partial charge in [-0.25, -0.2) is 8.42 Å². The van der Waals surface area contributed by atoms with Crippen LogP contribution in [0.1, 0.15) is 36.2 Å². The van der Waals surface area contributed by atoms with Gasteiger partial charge in [-0.2, -0.15) is 4.98 Å². The van der Waals surface area contributed by atoms with Crippen LogP contribution in [0.5, 0.6) is 0 Å². The molecule has 2 aromatic carbocycles. The Morgan fingerprint density at radius 2 is 1.90 bits per heavy atom. The van der Waals surface area contributed by atoms with Crippen molar-refractivity contribution in [2.24, 2.45) is 5.73 Å². The third-order valence-electron chi connectivity index (χ3n) is 5.14. The molecule has 0 saturated heterocycles. The maximum atomic E-state index is 12.8. The lowest BCUT2D eigenvalue weighted by Crippen LogP contribution is -2.44. The number of sulfonamides is 1. The highest BCUT2D eigenvalue weighted by Crippen LogP contribution is 2.38. The Hall–Kier alpha value is -2.42. The van der Waals surface area contributed by atoms with Crippen molar-refractivity contribution < 1.29 is 12.9 Å².